The molecule has 4 rings (SSSR count). The molecule has 4 aromatic rings. The lowest BCUT2D eigenvalue weighted by Crippen LogP contribution is -1.98. The second kappa shape index (κ2) is 8.17. The lowest BCUT2D eigenvalue weighted by atomic mass is 10.1. The van der Waals surface area contributed by atoms with Gasteiger partial charge in [0.25, 0.3) is 0 Å². The van der Waals surface area contributed by atoms with Gasteiger partial charge in [0.2, 0.25) is 5.13 Å². The summed E-state index contributed by atoms with van der Waals surface area (Å²) in [6, 6.07) is 6.68. The van der Waals surface area contributed by atoms with E-state index in [0.29, 0.717) is 26.4 Å². The highest BCUT2D eigenvalue weighted by molar-refractivity contribution is 8.00. The van der Waals surface area contributed by atoms with Crippen molar-refractivity contribution in [3.8, 4) is 11.1 Å². The molecule has 0 radical (unpaired) electrons. The SMILES string of the molecule is Cc1cc(-c2ccoc2)c(Nc2cc(F)c(SNc3ncns3)cc2Cl)cn1. The van der Waals surface area contributed by atoms with Gasteiger partial charge in [-0.3, -0.25) is 4.98 Å². The molecule has 142 valence electrons. The van der Waals surface area contributed by atoms with Crippen LogP contribution in [0.2, 0.25) is 5.02 Å². The molecule has 0 aliphatic carbocycles. The molecule has 0 unspecified atom stereocenters. The van der Waals surface area contributed by atoms with Crippen molar-refractivity contribution in [2.24, 2.45) is 0 Å². The highest BCUT2D eigenvalue weighted by Crippen LogP contribution is 2.36. The minimum Gasteiger partial charge on any atom is -0.472 e. The van der Waals surface area contributed by atoms with Gasteiger partial charge in [0.05, 0.1) is 40.0 Å². The van der Waals surface area contributed by atoms with E-state index in [2.05, 4.69) is 24.4 Å². The third kappa shape index (κ3) is 4.11. The Kier molecular flexibility index (Phi) is 5.47. The Hall–Kier alpha value is -2.62. The third-order valence-corrected chi connectivity index (χ3v) is 5.62. The number of hydrogen-bond donors (Lipinski definition) is 2. The van der Waals surface area contributed by atoms with E-state index in [9.17, 15) is 4.39 Å². The molecule has 1 aromatic carbocycles. The second-order valence-electron chi connectivity index (χ2n) is 5.72. The maximum Gasteiger partial charge on any atom is 0.212 e. The number of aryl methyl sites for hydroxylation is 1. The Labute approximate surface area is 173 Å². The lowest BCUT2D eigenvalue weighted by molar-refractivity contribution is 0.568. The number of aromatic nitrogens is 3. The zero-order chi connectivity index (χ0) is 19.5. The van der Waals surface area contributed by atoms with Crippen LogP contribution >= 0.6 is 35.1 Å². The van der Waals surface area contributed by atoms with Gasteiger partial charge in [-0.05, 0) is 37.1 Å². The third-order valence-electron chi connectivity index (χ3n) is 3.77. The van der Waals surface area contributed by atoms with Crippen LogP contribution in [0.4, 0.5) is 20.9 Å². The number of benzene rings is 1. The second-order valence-corrected chi connectivity index (χ2v) is 7.76. The van der Waals surface area contributed by atoms with E-state index in [-0.39, 0.29) is 0 Å². The van der Waals surface area contributed by atoms with Crippen molar-refractivity contribution in [1.82, 2.24) is 14.3 Å². The van der Waals surface area contributed by atoms with Gasteiger partial charge >= 0.3 is 0 Å². The molecule has 2 N–H and O–H groups in total. The number of nitrogens with zero attached hydrogens (tertiary/aromatic N) is 3. The smallest absolute Gasteiger partial charge is 0.212 e. The summed E-state index contributed by atoms with van der Waals surface area (Å²) in [6.45, 7) is 1.90. The molecule has 0 spiro atoms. The molecular weight excluding hydrogens is 421 g/mol. The summed E-state index contributed by atoms with van der Waals surface area (Å²) in [4.78, 5) is 8.66. The highest BCUT2D eigenvalue weighted by atomic mass is 35.5. The first-order valence-electron chi connectivity index (χ1n) is 8.05. The van der Waals surface area contributed by atoms with Gasteiger partial charge in [-0.1, -0.05) is 11.6 Å². The van der Waals surface area contributed by atoms with Crippen molar-refractivity contribution in [1.29, 1.82) is 0 Å². The Morgan fingerprint density at radius 3 is 2.86 bits per heavy atom. The largest absolute Gasteiger partial charge is 0.472 e. The number of halogens is 2. The van der Waals surface area contributed by atoms with Crippen LogP contribution < -0.4 is 10.0 Å². The molecule has 0 saturated heterocycles. The summed E-state index contributed by atoms with van der Waals surface area (Å²) in [5.74, 6) is -0.418. The minimum atomic E-state index is -0.418. The van der Waals surface area contributed by atoms with Gasteiger partial charge < -0.3 is 14.5 Å². The van der Waals surface area contributed by atoms with Crippen LogP contribution in [0.1, 0.15) is 5.69 Å². The summed E-state index contributed by atoms with van der Waals surface area (Å²) in [5.41, 5.74) is 3.76. The van der Waals surface area contributed by atoms with Gasteiger partial charge in [-0.15, -0.1) is 0 Å². The fraction of sp³-hybridized carbons (Fsp3) is 0.0556. The maximum absolute atomic E-state index is 14.6. The molecule has 0 amide bonds. The van der Waals surface area contributed by atoms with E-state index in [4.69, 9.17) is 16.0 Å². The van der Waals surface area contributed by atoms with Crippen LogP contribution in [0, 0.1) is 12.7 Å². The fourth-order valence-electron chi connectivity index (χ4n) is 2.48. The number of nitrogens with one attached hydrogen (secondary N) is 2. The Balaban J connectivity index is 1.60. The van der Waals surface area contributed by atoms with E-state index >= 15 is 0 Å². The summed E-state index contributed by atoms with van der Waals surface area (Å²) in [6.07, 6.45) is 6.35. The van der Waals surface area contributed by atoms with Crippen molar-refractivity contribution in [2.75, 3.05) is 10.0 Å². The zero-order valence-electron chi connectivity index (χ0n) is 14.4. The molecule has 0 fully saturated rings. The fourth-order valence-corrected chi connectivity index (χ4v) is 3.90. The quantitative estimate of drug-likeness (QED) is 0.353. The number of furan rings is 1. The first-order valence-corrected chi connectivity index (χ1v) is 10.0. The molecular formula is C18H13ClFN5OS2. The van der Waals surface area contributed by atoms with Crippen molar-refractivity contribution >= 4 is 51.6 Å². The number of anilines is 3. The standard InChI is InChI=1S/C18H13ClFN5OS2/c1-10-4-12(11-2-3-26-8-11)16(7-21-10)24-15-6-14(20)17(5-13(15)19)27-25-18-22-9-23-28-18/h2-9,24H,1H3,(H,22,23,25). The predicted octanol–water partition coefficient (Wildman–Crippen LogP) is 6.16. The molecule has 0 atom stereocenters. The Morgan fingerprint density at radius 2 is 2.11 bits per heavy atom. The van der Waals surface area contributed by atoms with Crippen molar-refractivity contribution < 1.29 is 8.81 Å². The molecule has 3 aromatic heterocycles. The van der Waals surface area contributed by atoms with Crippen LogP contribution in [0.25, 0.3) is 11.1 Å². The van der Waals surface area contributed by atoms with E-state index in [1.165, 1.54) is 23.9 Å². The van der Waals surface area contributed by atoms with Crippen LogP contribution in [0.3, 0.4) is 0 Å². The van der Waals surface area contributed by atoms with Crippen LogP contribution in [0.5, 0.6) is 0 Å². The molecule has 3 heterocycles. The maximum atomic E-state index is 14.6. The normalized spacial score (nSPS) is 10.8. The van der Waals surface area contributed by atoms with E-state index < -0.39 is 5.82 Å². The van der Waals surface area contributed by atoms with E-state index in [1.807, 2.05) is 19.1 Å². The average Bonchev–Trinajstić information content (AvgIpc) is 3.38. The minimum absolute atomic E-state index is 0.350. The highest BCUT2D eigenvalue weighted by Gasteiger charge is 2.14. The lowest BCUT2D eigenvalue weighted by Gasteiger charge is -2.14. The van der Waals surface area contributed by atoms with E-state index in [0.717, 1.165) is 28.8 Å². The zero-order valence-corrected chi connectivity index (χ0v) is 16.8. The van der Waals surface area contributed by atoms with Gasteiger partial charge in [0.1, 0.15) is 12.1 Å². The van der Waals surface area contributed by atoms with E-state index in [1.54, 1.807) is 24.8 Å². The molecule has 0 saturated carbocycles. The monoisotopic (exact) mass is 433 g/mol. The number of pyridine rings is 1. The summed E-state index contributed by atoms with van der Waals surface area (Å²) in [5, 5.41) is 4.13. The molecule has 10 heteroatoms. The molecule has 6 nitrogen and oxygen atoms in total. The van der Waals surface area contributed by atoms with Crippen LogP contribution in [-0.4, -0.2) is 14.3 Å². The van der Waals surface area contributed by atoms with Crippen molar-refractivity contribution in [2.45, 2.75) is 11.8 Å². The first kappa shape index (κ1) is 18.7. The Morgan fingerprint density at radius 1 is 1.21 bits per heavy atom. The first-order chi connectivity index (χ1) is 13.6. The van der Waals surface area contributed by atoms with Gasteiger partial charge in [-0.25, -0.2) is 9.37 Å². The van der Waals surface area contributed by atoms with Crippen molar-refractivity contribution in [3.63, 3.8) is 0 Å². The molecule has 0 aliphatic heterocycles. The van der Waals surface area contributed by atoms with Gasteiger partial charge in [0, 0.05) is 34.4 Å². The van der Waals surface area contributed by atoms with Crippen LogP contribution in [0.15, 0.2) is 58.6 Å². The number of hydrogen-bond acceptors (Lipinski definition) is 8. The molecule has 0 bridgehead atoms. The summed E-state index contributed by atoms with van der Waals surface area (Å²) >= 11 is 8.65. The Bertz CT molecular complexity index is 1090. The predicted molar refractivity (Wildman–Crippen MR) is 111 cm³/mol. The molecule has 28 heavy (non-hydrogen) atoms. The van der Waals surface area contributed by atoms with Gasteiger partial charge in [-0.2, -0.15) is 4.37 Å². The topological polar surface area (TPSA) is 75.9 Å². The van der Waals surface area contributed by atoms with Crippen LogP contribution in [-0.2, 0) is 0 Å². The number of rotatable bonds is 6. The summed E-state index contributed by atoms with van der Waals surface area (Å²) < 4.78 is 26.6. The summed E-state index contributed by atoms with van der Waals surface area (Å²) in [7, 11) is 0. The van der Waals surface area contributed by atoms with Crippen molar-refractivity contribution in [3.05, 3.63) is 65.8 Å². The average molecular weight is 434 g/mol. The van der Waals surface area contributed by atoms with Gasteiger partial charge in [0.15, 0.2) is 0 Å². The molecule has 0 aliphatic rings.